The van der Waals surface area contributed by atoms with E-state index in [4.69, 9.17) is 4.98 Å². The Hall–Kier alpha value is -2.47. The van der Waals surface area contributed by atoms with Crippen molar-refractivity contribution >= 4 is 11.6 Å². The largest absolute Gasteiger partial charge is 0.342 e. The highest BCUT2D eigenvalue weighted by Crippen LogP contribution is 2.46. The van der Waals surface area contributed by atoms with Gasteiger partial charge in [-0.3, -0.25) is 9.38 Å². The minimum absolute atomic E-state index is 0.474. The Morgan fingerprint density at radius 1 is 1.11 bits per heavy atom. The van der Waals surface area contributed by atoms with Gasteiger partial charge >= 0.3 is 0 Å². The Kier molecular flexibility index (Phi) is 4.31. The Morgan fingerprint density at radius 3 is 2.71 bits per heavy atom. The molecule has 0 radical (unpaired) electrons. The summed E-state index contributed by atoms with van der Waals surface area (Å²) in [5.74, 6) is 1.01. The van der Waals surface area contributed by atoms with Crippen molar-refractivity contribution in [3.63, 3.8) is 0 Å². The number of hydrogen-bond donors (Lipinski definition) is 1. The van der Waals surface area contributed by atoms with Crippen LogP contribution in [0.15, 0.2) is 36.8 Å². The van der Waals surface area contributed by atoms with Crippen molar-refractivity contribution in [3.8, 4) is 11.3 Å². The zero-order valence-electron chi connectivity index (χ0n) is 16.7. The average molecular weight is 377 g/mol. The van der Waals surface area contributed by atoms with E-state index in [-0.39, 0.29) is 0 Å². The summed E-state index contributed by atoms with van der Waals surface area (Å²) in [5.41, 5.74) is 4.35. The number of aromatic nitrogens is 4. The van der Waals surface area contributed by atoms with Gasteiger partial charge in [-0.2, -0.15) is 0 Å². The van der Waals surface area contributed by atoms with E-state index in [1.54, 1.807) is 0 Å². The quantitative estimate of drug-likeness (QED) is 0.759. The maximum Gasteiger partial charge on any atom is 0.211 e. The summed E-state index contributed by atoms with van der Waals surface area (Å²) in [6, 6.07) is 6.65. The van der Waals surface area contributed by atoms with E-state index in [0.29, 0.717) is 11.5 Å². The number of piperidine rings is 1. The molecule has 0 aromatic carbocycles. The second-order valence-corrected chi connectivity index (χ2v) is 8.29. The van der Waals surface area contributed by atoms with Gasteiger partial charge in [-0.1, -0.05) is 12.5 Å². The molecule has 146 valence electrons. The predicted molar refractivity (Wildman–Crippen MR) is 112 cm³/mol. The van der Waals surface area contributed by atoms with Crippen molar-refractivity contribution in [2.75, 3.05) is 25.0 Å². The summed E-state index contributed by atoms with van der Waals surface area (Å²) < 4.78 is 2.14. The van der Waals surface area contributed by atoms with E-state index in [0.717, 1.165) is 41.6 Å². The van der Waals surface area contributed by atoms with Gasteiger partial charge in [0.05, 0.1) is 17.0 Å². The highest BCUT2D eigenvalue weighted by atomic mass is 15.3. The molecule has 6 heteroatoms. The van der Waals surface area contributed by atoms with Crippen molar-refractivity contribution in [1.29, 1.82) is 0 Å². The Labute approximate surface area is 166 Å². The van der Waals surface area contributed by atoms with Crippen molar-refractivity contribution in [2.24, 2.45) is 5.41 Å². The summed E-state index contributed by atoms with van der Waals surface area (Å²) in [5, 5.41) is 3.58. The first kappa shape index (κ1) is 17.6. The van der Waals surface area contributed by atoms with Gasteiger partial charge in [0, 0.05) is 37.7 Å². The molecular formula is C22H28N6. The van der Waals surface area contributed by atoms with Crippen LogP contribution >= 0.6 is 0 Å². The molecule has 1 saturated carbocycles. The number of imidazole rings is 1. The maximum absolute atomic E-state index is 5.02. The normalized spacial score (nSPS) is 21.6. The van der Waals surface area contributed by atoms with E-state index in [1.165, 1.54) is 32.1 Å². The SMILES string of the molecule is CN[C@@H]1CCCC12CCN(c1nc(C)c(-c3ccccn3)c3nccn13)CC2. The van der Waals surface area contributed by atoms with Crippen molar-refractivity contribution in [2.45, 2.75) is 45.1 Å². The molecule has 4 heterocycles. The molecule has 3 aromatic heterocycles. The van der Waals surface area contributed by atoms with E-state index >= 15 is 0 Å². The van der Waals surface area contributed by atoms with Crippen LogP contribution in [0.2, 0.25) is 0 Å². The summed E-state index contributed by atoms with van der Waals surface area (Å²) in [6.45, 7) is 4.18. The van der Waals surface area contributed by atoms with Gasteiger partial charge in [0.15, 0.2) is 5.65 Å². The fourth-order valence-electron chi connectivity index (χ4n) is 5.44. The predicted octanol–water partition coefficient (Wildman–Crippen LogP) is 3.46. The van der Waals surface area contributed by atoms with E-state index < -0.39 is 0 Å². The van der Waals surface area contributed by atoms with Crippen LogP contribution in [0, 0.1) is 12.3 Å². The molecule has 3 aromatic rings. The van der Waals surface area contributed by atoms with Crippen LogP contribution in [0.25, 0.3) is 16.9 Å². The highest BCUT2D eigenvalue weighted by molar-refractivity contribution is 5.78. The molecule has 1 N–H and O–H groups in total. The third kappa shape index (κ3) is 2.70. The fourth-order valence-corrected chi connectivity index (χ4v) is 5.44. The second-order valence-electron chi connectivity index (χ2n) is 8.29. The fraction of sp³-hybridized carbons (Fsp3) is 0.500. The number of fused-ring (bicyclic) bond motifs is 1. The van der Waals surface area contributed by atoms with Crippen LogP contribution in [-0.2, 0) is 0 Å². The zero-order valence-corrected chi connectivity index (χ0v) is 16.7. The Balaban J connectivity index is 1.49. The molecule has 2 fully saturated rings. The molecule has 1 aliphatic carbocycles. The maximum atomic E-state index is 5.02. The van der Waals surface area contributed by atoms with Gasteiger partial charge in [-0.25, -0.2) is 9.97 Å². The standard InChI is InChI=1S/C22H28N6/c1-16-19(17-6-3-4-11-24-17)20-25-12-15-28(20)21(26-16)27-13-9-22(10-14-27)8-5-7-18(22)23-2/h3-4,6,11-12,15,18,23H,5,7-10,13-14H2,1-2H3/t18-/m1/s1. The number of anilines is 1. The van der Waals surface area contributed by atoms with Crippen LogP contribution in [0.3, 0.4) is 0 Å². The van der Waals surface area contributed by atoms with Crippen LogP contribution < -0.4 is 10.2 Å². The van der Waals surface area contributed by atoms with Crippen LogP contribution in [0.5, 0.6) is 0 Å². The third-order valence-electron chi connectivity index (χ3n) is 6.93. The van der Waals surface area contributed by atoms with Gasteiger partial charge in [-0.15, -0.1) is 0 Å². The van der Waals surface area contributed by atoms with Crippen LogP contribution in [0.4, 0.5) is 5.95 Å². The number of pyridine rings is 1. The first-order chi connectivity index (χ1) is 13.7. The van der Waals surface area contributed by atoms with Gasteiger partial charge < -0.3 is 10.2 Å². The molecule has 1 aliphatic heterocycles. The van der Waals surface area contributed by atoms with E-state index in [1.807, 2.05) is 36.8 Å². The molecule has 1 saturated heterocycles. The lowest BCUT2D eigenvalue weighted by molar-refractivity contribution is 0.177. The van der Waals surface area contributed by atoms with Gasteiger partial charge in [-0.05, 0) is 57.2 Å². The molecule has 0 unspecified atom stereocenters. The number of aryl methyl sites for hydroxylation is 1. The average Bonchev–Trinajstić information content (AvgIpc) is 3.36. The Bertz CT molecular complexity index is 971. The molecule has 5 rings (SSSR count). The summed E-state index contributed by atoms with van der Waals surface area (Å²) in [4.78, 5) is 16.7. The molecule has 2 aliphatic rings. The molecule has 1 spiro atoms. The molecule has 0 bridgehead atoms. The number of rotatable bonds is 3. The lowest BCUT2D eigenvalue weighted by Gasteiger charge is -2.43. The zero-order chi connectivity index (χ0) is 19.1. The van der Waals surface area contributed by atoms with Crippen molar-refractivity contribution in [1.82, 2.24) is 24.7 Å². The van der Waals surface area contributed by atoms with Gasteiger partial charge in [0.25, 0.3) is 0 Å². The van der Waals surface area contributed by atoms with Crippen LogP contribution in [-0.4, -0.2) is 45.5 Å². The molecule has 6 nitrogen and oxygen atoms in total. The van der Waals surface area contributed by atoms with Crippen molar-refractivity contribution < 1.29 is 0 Å². The lowest BCUT2D eigenvalue weighted by Crippen LogP contribution is -2.48. The minimum Gasteiger partial charge on any atom is -0.342 e. The number of nitrogens with one attached hydrogen (secondary N) is 1. The lowest BCUT2D eigenvalue weighted by atomic mass is 9.74. The first-order valence-corrected chi connectivity index (χ1v) is 10.4. The molecule has 0 amide bonds. The van der Waals surface area contributed by atoms with Crippen LogP contribution in [0.1, 0.15) is 37.8 Å². The summed E-state index contributed by atoms with van der Waals surface area (Å²) in [7, 11) is 2.13. The summed E-state index contributed by atoms with van der Waals surface area (Å²) >= 11 is 0. The Morgan fingerprint density at radius 2 is 1.96 bits per heavy atom. The molecule has 28 heavy (non-hydrogen) atoms. The monoisotopic (exact) mass is 376 g/mol. The van der Waals surface area contributed by atoms with Crippen molar-refractivity contribution in [3.05, 3.63) is 42.5 Å². The number of hydrogen-bond acceptors (Lipinski definition) is 5. The van der Waals surface area contributed by atoms with E-state index in [9.17, 15) is 0 Å². The third-order valence-corrected chi connectivity index (χ3v) is 6.93. The van der Waals surface area contributed by atoms with Gasteiger partial charge in [0.1, 0.15) is 0 Å². The minimum atomic E-state index is 0.474. The topological polar surface area (TPSA) is 58.3 Å². The smallest absolute Gasteiger partial charge is 0.211 e. The summed E-state index contributed by atoms with van der Waals surface area (Å²) in [6.07, 6.45) is 12.2. The van der Waals surface area contributed by atoms with E-state index in [2.05, 4.69) is 38.6 Å². The molecular weight excluding hydrogens is 348 g/mol. The second kappa shape index (κ2) is 6.85. The first-order valence-electron chi connectivity index (χ1n) is 10.4. The van der Waals surface area contributed by atoms with Gasteiger partial charge in [0.2, 0.25) is 5.95 Å². The highest BCUT2D eigenvalue weighted by Gasteiger charge is 2.44. The number of nitrogens with zero attached hydrogens (tertiary/aromatic N) is 5. The molecule has 1 atom stereocenters.